The summed E-state index contributed by atoms with van der Waals surface area (Å²) in [5.74, 6) is 0.0194. The quantitative estimate of drug-likeness (QED) is 0.827. The summed E-state index contributed by atoms with van der Waals surface area (Å²) in [4.78, 5) is 12.0. The lowest BCUT2D eigenvalue weighted by Gasteiger charge is -2.16. The van der Waals surface area contributed by atoms with Gasteiger partial charge in [-0.1, -0.05) is 42.7 Å². The Kier molecular flexibility index (Phi) is 3.05. The Balaban J connectivity index is 1.94. The van der Waals surface area contributed by atoms with Crippen molar-refractivity contribution in [2.75, 3.05) is 0 Å². The third-order valence-corrected chi connectivity index (χ3v) is 4.13. The first-order chi connectivity index (χ1) is 9.16. The normalized spacial score (nSPS) is 24.1. The number of aliphatic hydroxyl groups is 1. The van der Waals surface area contributed by atoms with Crippen LogP contribution in [0.5, 0.6) is 0 Å². The van der Waals surface area contributed by atoms with Gasteiger partial charge in [-0.15, -0.1) is 0 Å². The Morgan fingerprint density at radius 3 is 2.42 bits per heavy atom. The zero-order chi connectivity index (χ0) is 13.4. The average Bonchev–Trinajstić information content (AvgIpc) is 3.00. The van der Waals surface area contributed by atoms with Crippen molar-refractivity contribution in [3.8, 4) is 0 Å². The molecule has 0 amide bonds. The van der Waals surface area contributed by atoms with Gasteiger partial charge in [-0.05, 0) is 25.3 Å². The molecule has 0 radical (unpaired) electrons. The SMILES string of the molecule is Cc1ccc(C2=C(O)C(C3CCCC3)OC2=O)cc1. The molecule has 19 heavy (non-hydrogen) atoms. The lowest BCUT2D eigenvalue weighted by Crippen LogP contribution is -2.21. The summed E-state index contributed by atoms with van der Waals surface area (Å²) in [6.45, 7) is 1.99. The first-order valence-corrected chi connectivity index (χ1v) is 6.88. The zero-order valence-electron chi connectivity index (χ0n) is 11.1. The first-order valence-electron chi connectivity index (χ1n) is 6.88. The fourth-order valence-corrected chi connectivity index (χ4v) is 3.04. The predicted molar refractivity (Wildman–Crippen MR) is 72.6 cm³/mol. The smallest absolute Gasteiger partial charge is 0.343 e. The van der Waals surface area contributed by atoms with Crippen molar-refractivity contribution in [2.45, 2.75) is 38.7 Å². The van der Waals surface area contributed by atoms with E-state index in [0.717, 1.165) is 36.8 Å². The number of aliphatic hydroxyl groups excluding tert-OH is 1. The van der Waals surface area contributed by atoms with E-state index < -0.39 is 12.1 Å². The van der Waals surface area contributed by atoms with Gasteiger partial charge in [0.2, 0.25) is 0 Å². The summed E-state index contributed by atoms with van der Waals surface area (Å²) >= 11 is 0. The van der Waals surface area contributed by atoms with Gasteiger partial charge in [0.1, 0.15) is 11.3 Å². The summed E-state index contributed by atoms with van der Waals surface area (Å²) in [6.07, 6.45) is 3.95. The highest BCUT2D eigenvalue weighted by atomic mass is 16.6. The van der Waals surface area contributed by atoms with Crippen molar-refractivity contribution in [3.63, 3.8) is 0 Å². The van der Waals surface area contributed by atoms with E-state index in [0.29, 0.717) is 5.57 Å². The van der Waals surface area contributed by atoms with Crippen LogP contribution in [0.1, 0.15) is 36.8 Å². The topological polar surface area (TPSA) is 46.5 Å². The third kappa shape index (κ3) is 2.14. The molecule has 100 valence electrons. The average molecular weight is 258 g/mol. The molecular weight excluding hydrogens is 240 g/mol. The minimum atomic E-state index is -0.425. The fourth-order valence-electron chi connectivity index (χ4n) is 3.04. The van der Waals surface area contributed by atoms with Crippen LogP contribution in [0.2, 0.25) is 0 Å². The van der Waals surface area contributed by atoms with Crippen LogP contribution in [0.4, 0.5) is 0 Å². The number of ether oxygens (including phenoxy) is 1. The second-order valence-electron chi connectivity index (χ2n) is 5.50. The van der Waals surface area contributed by atoms with Crippen LogP contribution < -0.4 is 0 Å². The maximum absolute atomic E-state index is 12.0. The Morgan fingerprint density at radius 1 is 1.16 bits per heavy atom. The van der Waals surface area contributed by atoms with Crippen molar-refractivity contribution in [3.05, 3.63) is 41.2 Å². The van der Waals surface area contributed by atoms with Crippen molar-refractivity contribution in [2.24, 2.45) is 5.92 Å². The Bertz CT molecular complexity index is 521. The van der Waals surface area contributed by atoms with Gasteiger partial charge in [0.05, 0.1) is 0 Å². The molecule has 2 aliphatic rings. The fraction of sp³-hybridized carbons (Fsp3) is 0.438. The number of hydrogen-bond acceptors (Lipinski definition) is 3. The zero-order valence-corrected chi connectivity index (χ0v) is 11.1. The summed E-state index contributed by atoms with van der Waals surface area (Å²) in [6, 6.07) is 7.59. The van der Waals surface area contributed by atoms with Gasteiger partial charge in [0.25, 0.3) is 0 Å². The number of hydrogen-bond donors (Lipinski definition) is 1. The van der Waals surface area contributed by atoms with E-state index in [1.165, 1.54) is 0 Å². The highest BCUT2D eigenvalue weighted by Gasteiger charge is 2.40. The van der Waals surface area contributed by atoms with Crippen LogP contribution in [-0.2, 0) is 9.53 Å². The molecule has 1 heterocycles. The van der Waals surface area contributed by atoms with E-state index >= 15 is 0 Å². The Morgan fingerprint density at radius 2 is 1.79 bits per heavy atom. The van der Waals surface area contributed by atoms with E-state index in [4.69, 9.17) is 4.74 Å². The molecular formula is C16H18O3. The van der Waals surface area contributed by atoms with Crippen molar-refractivity contribution in [1.82, 2.24) is 0 Å². The molecule has 0 bridgehead atoms. The summed E-state index contributed by atoms with van der Waals surface area (Å²) in [5.41, 5.74) is 2.22. The van der Waals surface area contributed by atoms with Gasteiger partial charge in [-0.2, -0.15) is 0 Å². The number of benzene rings is 1. The molecule has 0 aromatic heterocycles. The van der Waals surface area contributed by atoms with Crippen molar-refractivity contribution in [1.29, 1.82) is 0 Å². The molecule has 1 aliphatic carbocycles. The lowest BCUT2D eigenvalue weighted by molar-refractivity contribution is -0.140. The van der Waals surface area contributed by atoms with Crippen molar-refractivity contribution >= 4 is 11.5 Å². The number of cyclic esters (lactones) is 1. The molecule has 1 aliphatic heterocycles. The summed E-state index contributed by atoms with van der Waals surface area (Å²) in [7, 11) is 0. The van der Waals surface area contributed by atoms with Crippen LogP contribution >= 0.6 is 0 Å². The highest BCUT2D eigenvalue weighted by Crippen LogP contribution is 2.38. The molecule has 0 saturated heterocycles. The molecule has 0 spiro atoms. The van der Waals surface area contributed by atoms with Crippen molar-refractivity contribution < 1.29 is 14.6 Å². The monoisotopic (exact) mass is 258 g/mol. The number of aryl methyl sites for hydroxylation is 1. The molecule has 1 aromatic carbocycles. The number of rotatable bonds is 2. The van der Waals surface area contributed by atoms with E-state index in [1.54, 1.807) is 0 Å². The Hall–Kier alpha value is -1.77. The van der Waals surface area contributed by atoms with Crippen LogP contribution in [0.3, 0.4) is 0 Å². The molecule has 1 fully saturated rings. The number of esters is 1. The Labute approximate surface area is 112 Å². The second-order valence-corrected chi connectivity index (χ2v) is 5.50. The maximum atomic E-state index is 12.0. The number of carbonyl (C=O) groups is 1. The van der Waals surface area contributed by atoms with E-state index in [1.807, 2.05) is 31.2 Å². The largest absolute Gasteiger partial charge is 0.507 e. The number of carbonyl (C=O) groups excluding carboxylic acids is 1. The molecule has 3 rings (SSSR count). The molecule has 1 N–H and O–H groups in total. The molecule has 1 atom stereocenters. The van der Waals surface area contributed by atoms with E-state index in [9.17, 15) is 9.90 Å². The van der Waals surface area contributed by atoms with Gasteiger partial charge in [0, 0.05) is 5.92 Å². The molecule has 3 nitrogen and oxygen atoms in total. The van der Waals surface area contributed by atoms with Gasteiger partial charge in [-0.3, -0.25) is 0 Å². The van der Waals surface area contributed by atoms with Crippen LogP contribution in [0.15, 0.2) is 30.0 Å². The molecule has 3 heteroatoms. The first kappa shape index (κ1) is 12.3. The van der Waals surface area contributed by atoms with Crippen LogP contribution in [0, 0.1) is 12.8 Å². The lowest BCUT2D eigenvalue weighted by atomic mass is 9.96. The minimum absolute atomic E-state index is 0.126. The minimum Gasteiger partial charge on any atom is -0.507 e. The van der Waals surface area contributed by atoms with Gasteiger partial charge in [0.15, 0.2) is 6.10 Å². The maximum Gasteiger partial charge on any atom is 0.343 e. The van der Waals surface area contributed by atoms with E-state index in [-0.39, 0.29) is 11.7 Å². The van der Waals surface area contributed by atoms with E-state index in [2.05, 4.69) is 0 Å². The van der Waals surface area contributed by atoms with Gasteiger partial charge in [-0.25, -0.2) is 4.79 Å². The predicted octanol–water partition coefficient (Wildman–Crippen LogP) is 3.38. The van der Waals surface area contributed by atoms with Gasteiger partial charge < -0.3 is 9.84 Å². The summed E-state index contributed by atoms with van der Waals surface area (Å²) < 4.78 is 5.39. The van der Waals surface area contributed by atoms with Crippen LogP contribution in [0.25, 0.3) is 5.57 Å². The third-order valence-electron chi connectivity index (χ3n) is 4.13. The molecule has 1 aromatic rings. The standard InChI is InChI=1S/C16H18O3/c1-10-6-8-11(9-7-10)13-14(17)15(19-16(13)18)12-4-2-3-5-12/h6-9,12,15,17H,2-5H2,1H3. The summed E-state index contributed by atoms with van der Waals surface area (Å²) in [5, 5.41) is 10.3. The molecule has 1 unspecified atom stereocenters. The van der Waals surface area contributed by atoms with Gasteiger partial charge >= 0.3 is 5.97 Å². The second kappa shape index (κ2) is 4.72. The van der Waals surface area contributed by atoms with Crippen LogP contribution in [-0.4, -0.2) is 17.2 Å². The highest BCUT2D eigenvalue weighted by molar-refractivity contribution is 6.19. The molecule has 1 saturated carbocycles.